The molecule has 0 bridgehead atoms. The van der Waals surface area contributed by atoms with Crippen molar-refractivity contribution in [3.8, 4) is 0 Å². The summed E-state index contributed by atoms with van der Waals surface area (Å²) in [4.78, 5) is 12.4. The van der Waals surface area contributed by atoms with Crippen LogP contribution in [0.25, 0.3) is 0 Å². The van der Waals surface area contributed by atoms with Gasteiger partial charge in [0.05, 0.1) is 12.3 Å². The number of aryl methyl sites for hydroxylation is 2. The fraction of sp³-hybridized carbons (Fsp3) is 0.421. The lowest BCUT2D eigenvalue weighted by Crippen LogP contribution is -2.17. The van der Waals surface area contributed by atoms with E-state index in [1.165, 1.54) is 0 Å². The molecule has 2 rings (SSSR count). The number of aromatic nitrogens is 1. The molecular weight excluding hydrogens is 352 g/mol. The van der Waals surface area contributed by atoms with Gasteiger partial charge in [-0.25, -0.2) is 13.2 Å². The molecule has 26 heavy (non-hydrogen) atoms. The van der Waals surface area contributed by atoms with Gasteiger partial charge in [0.1, 0.15) is 10.6 Å². The highest BCUT2D eigenvalue weighted by Gasteiger charge is 2.30. The summed E-state index contributed by atoms with van der Waals surface area (Å²) in [5, 5.41) is 0. The molecule has 0 amide bonds. The molecule has 0 aliphatic rings. The molecule has 0 spiro atoms. The number of esters is 1. The Morgan fingerprint density at radius 2 is 1.85 bits per heavy atom. The van der Waals surface area contributed by atoms with Crippen LogP contribution in [0.5, 0.6) is 0 Å². The third-order valence-electron chi connectivity index (χ3n) is 4.58. The van der Waals surface area contributed by atoms with Crippen molar-refractivity contribution < 1.29 is 17.9 Å². The minimum atomic E-state index is -3.86. The molecule has 2 aromatic rings. The summed E-state index contributed by atoms with van der Waals surface area (Å²) >= 11 is 0. The smallest absolute Gasteiger partial charge is 0.355 e. The molecule has 1 heterocycles. The van der Waals surface area contributed by atoms with Crippen molar-refractivity contribution in [3.63, 3.8) is 0 Å². The molecule has 0 saturated carbocycles. The number of carbonyl (C=O) groups excluding carboxylic acids is 1. The van der Waals surface area contributed by atoms with Crippen LogP contribution in [0.15, 0.2) is 23.1 Å². The molecule has 6 nitrogen and oxygen atoms in total. The van der Waals surface area contributed by atoms with E-state index in [9.17, 15) is 13.2 Å². The summed E-state index contributed by atoms with van der Waals surface area (Å²) in [6, 6.07) is 5.68. The van der Waals surface area contributed by atoms with Gasteiger partial charge >= 0.3 is 5.97 Å². The minimum Gasteiger partial charge on any atom is -0.461 e. The zero-order chi connectivity index (χ0) is 19.6. The summed E-state index contributed by atoms with van der Waals surface area (Å²) in [5.41, 5.74) is 3.50. The number of hydrogen-bond donors (Lipinski definition) is 1. The van der Waals surface area contributed by atoms with Crippen molar-refractivity contribution in [1.29, 1.82) is 0 Å². The van der Waals surface area contributed by atoms with E-state index in [0.29, 0.717) is 23.4 Å². The Morgan fingerprint density at radius 3 is 2.42 bits per heavy atom. The van der Waals surface area contributed by atoms with Crippen molar-refractivity contribution in [2.45, 2.75) is 45.9 Å². The molecular formula is C19H26N2O4S. The van der Waals surface area contributed by atoms with Crippen LogP contribution in [0.2, 0.25) is 0 Å². The number of hydrogen-bond acceptors (Lipinski definition) is 4. The molecule has 7 heteroatoms. The highest BCUT2D eigenvalue weighted by Crippen LogP contribution is 2.30. The highest BCUT2D eigenvalue weighted by molar-refractivity contribution is 7.92. The standard InChI is InChI=1S/C19H26N2O4S/c1-7-15-11-9-10-12(3)16(15)20-26(23,24)18-13(4)17(19(22)25-8-2)21(6)14(18)5/h9-11,20H,7-8H2,1-6H3. The summed E-state index contributed by atoms with van der Waals surface area (Å²) in [6.07, 6.45) is 0.709. The van der Waals surface area contributed by atoms with Crippen LogP contribution in [-0.4, -0.2) is 25.6 Å². The second-order valence-electron chi connectivity index (χ2n) is 6.24. The van der Waals surface area contributed by atoms with Gasteiger partial charge in [0, 0.05) is 18.3 Å². The number of para-hydroxylation sites is 1. The van der Waals surface area contributed by atoms with Crippen LogP contribution in [0.4, 0.5) is 5.69 Å². The predicted molar refractivity (Wildman–Crippen MR) is 102 cm³/mol. The second kappa shape index (κ2) is 7.53. The molecule has 0 saturated heterocycles. The number of nitrogens with zero attached hydrogens (tertiary/aromatic N) is 1. The first-order valence-corrected chi connectivity index (χ1v) is 10.1. The number of benzene rings is 1. The number of nitrogens with one attached hydrogen (secondary N) is 1. The molecule has 1 aromatic heterocycles. The van der Waals surface area contributed by atoms with E-state index >= 15 is 0 Å². The van der Waals surface area contributed by atoms with Crippen LogP contribution in [0.1, 0.15) is 46.7 Å². The maximum Gasteiger partial charge on any atom is 0.355 e. The van der Waals surface area contributed by atoms with Crippen molar-refractivity contribution in [2.24, 2.45) is 7.05 Å². The van der Waals surface area contributed by atoms with Gasteiger partial charge in [-0.2, -0.15) is 0 Å². The Labute approximate surface area is 155 Å². The molecule has 142 valence electrons. The molecule has 0 aliphatic heterocycles. The quantitative estimate of drug-likeness (QED) is 0.781. The lowest BCUT2D eigenvalue weighted by Gasteiger charge is -2.15. The first-order chi connectivity index (χ1) is 12.2. The van der Waals surface area contributed by atoms with E-state index in [4.69, 9.17) is 4.74 Å². The van der Waals surface area contributed by atoms with Gasteiger partial charge in [0.15, 0.2) is 0 Å². The van der Waals surface area contributed by atoms with Crippen molar-refractivity contribution in [2.75, 3.05) is 11.3 Å². The van der Waals surface area contributed by atoms with E-state index in [1.54, 1.807) is 32.4 Å². The summed E-state index contributed by atoms with van der Waals surface area (Å²) < 4.78 is 35.6. The van der Waals surface area contributed by atoms with Crippen LogP contribution in [0.3, 0.4) is 0 Å². The first-order valence-electron chi connectivity index (χ1n) is 8.59. The molecule has 0 fully saturated rings. The molecule has 1 aromatic carbocycles. The molecule has 0 aliphatic carbocycles. The predicted octanol–water partition coefficient (Wildman–Crippen LogP) is 3.49. The van der Waals surface area contributed by atoms with Gasteiger partial charge in [-0.05, 0) is 45.2 Å². The Hall–Kier alpha value is -2.28. The van der Waals surface area contributed by atoms with Gasteiger partial charge in [-0.15, -0.1) is 0 Å². The highest BCUT2D eigenvalue weighted by atomic mass is 32.2. The monoisotopic (exact) mass is 378 g/mol. The van der Waals surface area contributed by atoms with E-state index < -0.39 is 16.0 Å². The molecule has 0 atom stereocenters. The maximum atomic E-state index is 13.1. The third kappa shape index (κ3) is 3.49. The number of anilines is 1. The Balaban J connectivity index is 2.58. The number of ether oxygens (including phenoxy) is 1. The van der Waals surface area contributed by atoms with Crippen LogP contribution in [-0.2, 0) is 28.2 Å². The van der Waals surface area contributed by atoms with Gasteiger partial charge in [-0.3, -0.25) is 4.72 Å². The topological polar surface area (TPSA) is 77.4 Å². The molecule has 0 radical (unpaired) electrons. The Kier molecular flexibility index (Phi) is 5.81. The molecule has 1 N–H and O–H groups in total. The SMILES string of the molecule is CCOC(=O)c1c(C)c(S(=O)(=O)Nc2c(C)cccc2CC)c(C)n1C. The third-order valence-corrected chi connectivity index (χ3v) is 6.19. The fourth-order valence-electron chi connectivity index (χ4n) is 3.19. The van der Waals surface area contributed by atoms with Crippen molar-refractivity contribution >= 4 is 21.7 Å². The summed E-state index contributed by atoms with van der Waals surface area (Å²) in [5.74, 6) is -0.526. The van der Waals surface area contributed by atoms with E-state index in [2.05, 4.69) is 4.72 Å². The maximum absolute atomic E-state index is 13.1. The zero-order valence-electron chi connectivity index (χ0n) is 16.1. The minimum absolute atomic E-state index is 0.119. The lowest BCUT2D eigenvalue weighted by atomic mass is 10.1. The summed E-state index contributed by atoms with van der Waals surface area (Å²) in [7, 11) is -2.19. The van der Waals surface area contributed by atoms with Crippen LogP contribution < -0.4 is 4.72 Å². The Bertz CT molecular complexity index is 943. The molecule has 0 unspecified atom stereocenters. The van der Waals surface area contributed by atoms with Gasteiger partial charge in [0.25, 0.3) is 10.0 Å². The number of carbonyl (C=O) groups is 1. The van der Waals surface area contributed by atoms with Crippen LogP contribution >= 0.6 is 0 Å². The normalized spacial score (nSPS) is 11.5. The zero-order valence-corrected chi connectivity index (χ0v) is 17.0. The van der Waals surface area contributed by atoms with Gasteiger partial charge < -0.3 is 9.30 Å². The lowest BCUT2D eigenvalue weighted by molar-refractivity contribution is 0.0514. The Morgan fingerprint density at radius 1 is 1.19 bits per heavy atom. The second-order valence-corrected chi connectivity index (χ2v) is 7.85. The number of sulfonamides is 1. The average Bonchev–Trinajstić information content (AvgIpc) is 2.79. The van der Waals surface area contributed by atoms with Gasteiger partial charge in [0.2, 0.25) is 0 Å². The van der Waals surface area contributed by atoms with E-state index in [-0.39, 0.29) is 17.2 Å². The summed E-state index contributed by atoms with van der Waals surface area (Å²) in [6.45, 7) is 9.10. The average molecular weight is 378 g/mol. The van der Waals surface area contributed by atoms with E-state index in [1.807, 2.05) is 32.0 Å². The van der Waals surface area contributed by atoms with Crippen LogP contribution in [0, 0.1) is 20.8 Å². The van der Waals surface area contributed by atoms with Crippen molar-refractivity contribution in [1.82, 2.24) is 4.57 Å². The fourth-order valence-corrected chi connectivity index (χ4v) is 4.88. The van der Waals surface area contributed by atoms with Gasteiger partial charge in [-0.1, -0.05) is 25.1 Å². The largest absolute Gasteiger partial charge is 0.461 e. The first kappa shape index (κ1) is 20.0. The number of rotatable bonds is 6. The van der Waals surface area contributed by atoms with E-state index in [0.717, 1.165) is 11.1 Å². The van der Waals surface area contributed by atoms with Crippen molar-refractivity contribution in [3.05, 3.63) is 46.3 Å².